The number of rotatable bonds is 3. The zero-order chi connectivity index (χ0) is 20.9. The SMILES string of the molecule is O=C1C2ON=C(c3ccc([N+](=O)[O-])cc3)C2C(=O)N1c1cccc(C(F)(F)F)c1. The molecular formula is C18H10F3N3O5. The van der Waals surface area contributed by atoms with Crippen molar-refractivity contribution in [1.29, 1.82) is 0 Å². The number of halogens is 3. The predicted molar refractivity (Wildman–Crippen MR) is 91.9 cm³/mol. The topological polar surface area (TPSA) is 102 Å². The molecule has 0 aromatic heterocycles. The van der Waals surface area contributed by atoms with Crippen LogP contribution in [0.4, 0.5) is 24.5 Å². The number of fused-ring (bicyclic) bond motifs is 1. The van der Waals surface area contributed by atoms with Crippen LogP contribution < -0.4 is 4.90 Å². The Labute approximate surface area is 160 Å². The number of carbonyl (C=O) groups is 2. The highest BCUT2D eigenvalue weighted by Gasteiger charge is 2.56. The fourth-order valence-corrected chi connectivity index (χ4v) is 3.25. The minimum absolute atomic E-state index is 0.0812. The van der Waals surface area contributed by atoms with Crippen molar-refractivity contribution in [2.24, 2.45) is 11.1 Å². The molecule has 2 aliphatic heterocycles. The van der Waals surface area contributed by atoms with Crippen molar-refractivity contribution in [2.75, 3.05) is 4.90 Å². The van der Waals surface area contributed by atoms with Crippen molar-refractivity contribution >= 4 is 28.9 Å². The molecule has 2 aromatic carbocycles. The molecule has 8 nitrogen and oxygen atoms in total. The van der Waals surface area contributed by atoms with Crippen molar-refractivity contribution < 1.29 is 32.5 Å². The number of nitrogens with zero attached hydrogens (tertiary/aromatic N) is 3. The normalized spacial score (nSPS) is 21.1. The van der Waals surface area contributed by atoms with Gasteiger partial charge in [-0.15, -0.1) is 0 Å². The Balaban J connectivity index is 1.67. The number of anilines is 1. The summed E-state index contributed by atoms with van der Waals surface area (Å²) in [4.78, 5) is 41.4. The first-order valence-electron chi connectivity index (χ1n) is 8.22. The predicted octanol–water partition coefficient (Wildman–Crippen LogP) is 2.91. The van der Waals surface area contributed by atoms with E-state index >= 15 is 0 Å². The number of amides is 2. The number of alkyl halides is 3. The molecular weight excluding hydrogens is 395 g/mol. The lowest BCUT2D eigenvalue weighted by Gasteiger charge is -2.17. The summed E-state index contributed by atoms with van der Waals surface area (Å²) in [5.41, 5.74) is -0.995. The van der Waals surface area contributed by atoms with E-state index in [2.05, 4.69) is 5.16 Å². The molecule has 4 rings (SSSR count). The zero-order valence-corrected chi connectivity index (χ0v) is 14.3. The lowest BCUT2D eigenvalue weighted by atomic mass is 9.94. The molecule has 2 heterocycles. The molecule has 29 heavy (non-hydrogen) atoms. The molecule has 0 aliphatic carbocycles. The number of benzene rings is 2. The van der Waals surface area contributed by atoms with Crippen molar-refractivity contribution in [3.05, 3.63) is 69.8 Å². The van der Waals surface area contributed by atoms with Crippen LogP contribution in [-0.4, -0.2) is 28.6 Å². The molecule has 2 aromatic rings. The molecule has 0 radical (unpaired) electrons. The van der Waals surface area contributed by atoms with Crippen molar-refractivity contribution in [3.8, 4) is 0 Å². The smallest absolute Gasteiger partial charge is 0.381 e. The number of carbonyl (C=O) groups excluding carboxylic acids is 2. The molecule has 2 aliphatic rings. The Morgan fingerprint density at radius 3 is 2.38 bits per heavy atom. The lowest BCUT2D eigenvalue weighted by Crippen LogP contribution is -2.33. The summed E-state index contributed by atoms with van der Waals surface area (Å²) in [5, 5.41) is 14.5. The average Bonchev–Trinajstić information content (AvgIpc) is 3.22. The summed E-state index contributed by atoms with van der Waals surface area (Å²) >= 11 is 0. The van der Waals surface area contributed by atoms with Gasteiger partial charge >= 0.3 is 6.18 Å². The number of hydrogen-bond acceptors (Lipinski definition) is 6. The van der Waals surface area contributed by atoms with Crippen LogP contribution in [0.25, 0.3) is 0 Å². The summed E-state index contributed by atoms with van der Waals surface area (Å²) in [6.07, 6.45) is -5.94. The molecule has 11 heteroatoms. The quantitative estimate of drug-likeness (QED) is 0.444. The van der Waals surface area contributed by atoms with Crippen LogP contribution in [0.5, 0.6) is 0 Å². The molecule has 2 amide bonds. The van der Waals surface area contributed by atoms with Gasteiger partial charge in [-0.2, -0.15) is 13.2 Å². The molecule has 1 saturated heterocycles. The van der Waals surface area contributed by atoms with Crippen LogP contribution in [0.1, 0.15) is 11.1 Å². The second-order valence-electron chi connectivity index (χ2n) is 6.34. The Hall–Kier alpha value is -3.76. The monoisotopic (exact) mass is 405 g/mol. The minimum atomic E-state index is -4.64. The average molecular weight is 405 g/mol. The summed E-state index contributed by atoms with van der Waals surface area (Å²) in [5.74, 6) is -2.77. The van der Waals surface area contributed by atoms with Gasteiger partial charge in [-0.05, 0) is 30.3 Å². The van der Waals surface area contributed by atoms with E-state index in [0.717, 1.165) is 12.1 Å². The zero-order valence-electron chi connectivity index (χ0n) is 14.3. The first-order valence-corrected chi connectivity index (χ1v) is 8.22. The molecule has 0 spiro atoms. The number of oxime groups is 1. The van der Waals surface area contributed by atoms with E-state index in [-0.39, 0.29) is 17.1 Å². The molecule has 148 valence electrons. The molecule has 0 saturated carbocycles. The summed E-state index contributed by atoms with van der Waals surface area (Å²) < 4.78 is 38.9. The van der Waals surface area contributed by atoms with E-state index in [9.17, 15) is 32.9 Å². The molecule has 2 unspecified atom stereocenters. The maximum atomic E-state index is 13.0. The van der Waals surface area contributed by atoms with Crippen molar-refractivity contribution in [3.63, 3.8) is 0 Å². The Morgan fingerprint density at radius 1 is 1.07 bits per heavy atom. The first kappa shape index (κ1) is 18.6. The van der Waals surface area contributed by atoms with E-state index < -0.39 is 40.5 Å². The third-order valence-corrected chi connectivity index (χ3v) is 4.62. The van der Waals surface area contributed by atoms with E-state index in [1.54, 1.807) is 0 Å². The van der Waals surface area contributed by atoms with E-state index in [0.29, 0.717) is 16.5 Å². The second kappa shape index (κ2) is 6.40. The van der Waals surface area contributed by atoms with Gasteiger partial charge in [0.25, 0.3) is 11.6 Å². The van der Waals surface area contributed by atoms with Gasteiger partial charge in [0.1, 0.15) is 11.6 Å². The van der Waals surface area contributed by atoms with Crippen molar-refractivity contribution in [2.45, 2.75) is 12.3 Å². The fraction of sp³-hybridized carbons (Fsp3) is 0.167. The number of nitro benzene ring substituents is 1. The largest absolute Gasteiger partial charge is 0.416 e. The highest BCUT2D eigenvalue weighted by molar-refractivity contribution is 6.32. The standard InChI is InChI=1S/C18H10F3N3O5/c19-18(20,21)10-2-1-3-12(8-10)23-16(25)13-14(22-29-15(13)17(23)26)9-4-6-11(7-5-9)24(27)28/h1-8,13,15H. The Bertz CT molecular complexity index is 1070. The highest BCUT2D eigenvalue weighted by Crippen LogP contribution is 2.37. The van der Waals surface area contributed by atoms with Gasteiger partial charge in [0.05, 0.1) is 16.2 Å². The lowest BCUT2D eigenvalue weighted by molar-refractivity contribution is -0.384. The van der Waals surface area contributed by atoms with Crippen LogP contribution in [0, 0.1) is 16.0 Å². The molecule has 2 atom stereocenters. The van der Waals surface area contributed by atoms with Crippen LogP contribution >= 0.6 is 0 Å². The van der Waals surface area contributed by atoms with E-state index in [4.69, 9.17) is 4.84 Å². The minimum Gasteiger partial charge on any atom is -0.381 e. The van der Waals surface area contributed by atoms with Crippen LogP contribution in [0.3, 0.4) is 0 Å². The Morgan fingerprint density at radius 2 is 1.76 bits per heavy atom. The van der Waals surface area contributed by atoms with Gasteiger partial charge in [0.15, 0.2) is 0 Å². The maximum absolute atomic E-state index is 13.0. The van der Waals surface area contributed by atoms with Gasteiger partial charge in [-0.3, -0.25) is 19.7 Å². The van der Waals surface area contributed by atoms with Crippen molar-refractivity contribution in [1.82, 2.24) is 0 Å². The highest BCUT2D eigenvalue weighted by atomic mass is 19.4. The van der Waals surface area contributed by atoms with E-state index in [1.807, 2.05) is 0 Å². The van der Waals surface area contributed by atoms with Crippen LogP contribution in [-0.2, 0) is 20.6 Å². The number of non-ortho nitro benzene ring substituents is 1. The first-order chi connectivity index (χ1) is 13.7. The molecule has 0 bridgehead atoms. The number of nitro groups is 1. The number of imide groups is 1. The maximum Gasteiger partial charge on any atom is 0.416 e. The third kappa shape index (κ3) is 3.00. The second-order valence-corrected chi connectivity index (χ2v) is 6.34. The molecule has 0 N–H and O–H groups in total. The summed E-state index contributed by atoms with van der Waals surface area (Å²) in [7, 11) is 0. The third-order valence-electron chi connectivity index (χ3n) is 4.62. The summed E-state index contributed by atoms with van der Waals surface area (Å²) in [6.45, 7) is 0. The molecule has 1 fully saturated rings. The Kier molecular flexibility index (Phi) is 4.10. The van der Waals surface area contributed by atoms with Crippen LogP contribution in [0.15, 0.2) is 53.7 Å². The van der Waals surface area contributed by atoms with Gasteiger partial charge in [-0.25, -0.2) is 4.90 Å². The summed E-state index contributed by atoms with van der Waals surface area (Å²) in [6, 6.07) is 8.97. The van der Waals surface area contributed by atoms with Gasteiger partial charge < -0.3 is 4.84 Å². The fourth-order valence-electron chi connectivity index (χ4n) is 3.25. The van der Waals surface area contributed by atoms with Gasteiger partial charge in [0.2, 0.25) is 12.0 Å². The van der Waals surface area contributed by atoms with Gasteiger partial charge in [0, 0.05) is 17.7 Å². The van der Waals surface area contributed by atoms with Crippen LogP contribution in [0.2, 0.25) is 0 Å². The van der Waals surface area contributed by atoms with Gasteiger partial charge in [-0.1, -0.05) is 11.2 Å². The van der Waals surface area contributed by atoms with E-state index in [1.165, 1.54) is 30.3 Å². The number of hydrogen-bond donors (Lipinski definition) is 0.